The van der Waals surface area contributed by atoms with Crippen molar-refractivity contribution in [3.63, 3.8) is 0 Å². The maximum Gasteiger partial charge on any atom is 0.174 e. The van der Waals surface area contributed by atoms with Crippen LogP contribution < -0.4 is 10.5 Å². The van der Waals surface area contributed by atoms with Gasteiger partial charge in [0.25, 0.3) is 0 Å². The Morgan fingerprint density at radius 1 is 1.09 bits per heavy atom. The van der Waals surface area contributed by atoms with E-state index >= 15 is 0 Å². The minimum absolute atomic E-state index is 0.0960. The van der Waals surface area contributed by atoms with Gasteiger partial charge in [0.15, 0.2) is 11.6 Å². The highest BCUT2D eigenvalue weighted by atomic mass is 35.5. The lowest BCUT2D eigenvalue weighted by atomic mass is 9.77. The second-order valence-corrected chi connectivity index (χ2v) is 6.67. The van der Waals surface area contributed by atoms with Crippen molar-refractivity contribution in [3.8, 4) is 5.75 Å². The van der Waals surface area contributed by atoms with Gasteiger partial charge >= 0.3 is 0 Å². The molecule has 2 nitrogen and oxygen atoms in total. The van der Waals surface area contributed by atoms with Crippen LogP contribution in [-0.2, 0) is 12.1 Å². The van der Waals surface area contributed by atoms with Gasteiger partial charge in [0.2, 0.25) is 0 Å². The first-order chi connectivity index (χ1) is 11.1. The van der Waals surface area contributed by atoms with E-state index in [4.69, 9.17) is 22.1 Å². The molecular weight excluding hydrogens is 313 g/mol. The van der Waals surface area contributed by atoms with Crippen molar-refractivity contribution in [3.05, 3.63) is 64.4 Å². The standard InChI is InChI=1S/C19H21ClFNO/c20-16-11-15(19(22)9-5-2-6-10-19)12-17(21)18(16)23-13-14-7-3-1-4-8-14/h1,3-4,7-8,11-12H,2,5-6,9-10,13,22H2. The molecule has 0 spiro atoms. The summed E-state index contributed by atoms with van der Waals surface area (Å²) < 4.78 is 20.1. The van der Waals surface area contributed by atoms with Gasteiger partial charge in [-0.2, -0.15) is 0 Å². The Morgan fingerprint density at radius 3 is 2.43 bits per heavy atom. The molecule has 0 aromatic heterocycles. The summed E-state index contributed by atoms with van der Waals surface area (Å²) in [6, 6.07) is 12.9. The lowest BCUT2D eigenvalue weighted by molar-refractivity contribution is 0.285. The fraction of sp³-hybridized carbons (Fsp3) is 0.368. The van der Waals surface area contributed by atoms with E-state index in [2.05, 4.69) is 0 Å². The average molecular weight is 334 g/mol. The van der Waals surface area contributed by atoms with E-state index in [1.165, 1.54) is 12.5 Å². The van der Waals surface area contributed by atoms with Gasteiger partial charge in [0.1, 0.15) is 6.61 Å². The molecule has 1 fully saturated rings. The Morgan fingerprint density at radius 2 is 1.78 bits per heavy atom. The third kappa shape index (κ3) is 3.67. The number of benzene rings is 2. The van der Waals surface area contributed by atoms with Gasteiger partial charge in [-0.25, -0.2) is 4.39 Å². The second-order valence-electron chi connectivity index (χ2n) is 6.26. The summed E-state index contributed by atoms with van der Waals surface area (Å²) in [5.74, 6) is -0.350. The van der Waals surface area contributed by atoms with Crippen LogP contribution in [0.25, 0.3) is 0 Å². The van der Waals surface area contributed by atoms with Crippen LogP contribution in [0.1, 0.15) is 43.2 Å². The van der Waals surface area contributed by atoms with E-state index in [0.29, 0.717) is 0 Å². The molecule has 23 heavy (non-hydrogen) atoms. The minimum atomic E-state index is -0.472. The highest BCUT2D eigenvalue weighted by Crippen LogP contribution is 2.39. The number of halogens is 2. The minimum Gasteiger partial charge on any atom is -0.484 e. The van der Waals surface area contributed by atoms with Crippen LogP contribution in [0, 0.1) is 5.82 Å². The summed E-state index contributed by atoms with van der Waals surface area (Å²) in [6.07, 6.45) is 5.07. The van der Waals surface area contributed by atoms with Gasteiger partial charge in [0.05, 0.1) is 5.02 Å². The summed E-state index contributed by atoms with van der Waals surface area (Å²) in [4.78, 5) is 0. The molecule has 2 aromatic carbocycles. The monoisotopic (exact) mass is 333 g/mol. The van der Waals surface area contributed by atoms with Crippen LogP contribution in [0.2, 0.25) is 5.02 Å². The van der Waals surface area contributed by atoms with Crippen molar-refractivity contribution in [1.82, 2.24) is 0 Å². The van der Waals surface area contributed by atoms with E-state index < -0.39 is 11.4 Å². The molecule has 1 aliphatic carbocycles. The van der Waals surface area contributed by atoms with E-state index in [0.717, 1.165) is 36.8 Å². The van der Waals surface area contributed by atoms with Crippen LogP contribution in [0.5, 0.6) is 5.75 Å². The van der Waals surface area contributed by atoms with Crippen molar-refractivity contribution >= 4 is 11.6 Å². The lowest BCUT2D eigenvalue weighted by Crippen LogP contribution is -2.38. The van der Waals surface area contributed by atoms with Crippen LogP contribution in [0.15, 0.2) is 42.5 Å². The smallest absolute Gasteiger partial charge is 0.174 e. The van der Waals surface area contributed by atoms with E-state index in [9.17, 15) is 4.39 Å². The van der Waals surface area contributed by atoms with Crippen molar-refractivity contribution < 1.29 is 9.13 Å². The number of rotatable bonds is 4. The SMILES string of the molecule is NC1(c2cc(F)c(OCc3ccccc3)c(Cl)c2)CCCCC1. The van der Waals surface area contributed by atoms with Gasteiger partial charge in [-0.05, 0) is 36.1 Å². The number of ether oxygens (including phenoxy) is 1. The molecule has 0 saturated heterocycles. The molecule has 1 saturated carbocycles. The molecule has 3 rings (SSSR count). The molecule has 0 atom stereocenters. The molecule has 0 heterocycles. The molecule has 0 bridgehead atoms. The van der Waals surface area contributed by atoms with Crippen molar-refractivity contribution in [2.24, 2.45) is 5.73 Å². The highest BCUT2D eigenvalue weighted by molar-refractivity contribution is 6.32. The number of hydrogen-bond acceptors (Lipinski definition) is 2. The molecule has 0 amide bonds. The zero-order valence-electron chi connectivity index (χ0n) is 13.0. The summed E-state index contributed by atoms with van der Waals surface area (Å²) in [6.45, 7) is 0.282. The Kier molecular flexibility index (Phi) is 4.88. The Bertz CT molecular complexity index is 645. The molecule has 4 heteroatoms. The van der Waals surface area contributed by atoms with Gasteiger partial charge in [-0.3, -0.25) is 0 Å². The quantitative estimate of drug-likeness (QED) is 0.837. The van der Waals surface area contributed by atoms with Gasteiger partial charge in [-0.15, -0.1) is 0 Å². The predicted octanol–water partition coefficient (Wildman–Crippen LogP) is 5.18. The Labute approximate surface area is 141 Å². The van der Waals surface area contributed by atoms with E-state index in [1.807, 2.05) is 30.3 Å². The Hall–Kier alpha value is -1.58. The Balaban J connectivity index is 1.80. The summed E-state index contributed by atoms with van der Waals surface area (Å²) in [5, 5.41) is 0.284. The summed E-state index contributed by atoms with van der Waals surface area (Å²) >= 11 is 6.26. The zero-order chi connectivity index (χ0) is 16.3. The average Bonchev–Trinajstić information content (AvgIpc) is 2.55. The molecule has 0 unspecified atom stereocenters. The number of hydrogen-bond donors (Lipinski definition) is 1. The molecular formula is C19H21ClFNO. The van der Waals surface area contributed by atoms with Crippen molar-refractivity contribution in [1.29, 1.82) is 0 Å². The zero-order valence-corrected chi connectivity index (χ0v) is 13.8. The van der Waals surface area contributed by atoms with Crippen LogP contribution in [0.3, 0.4) is 0 Å². The van der Waals surface area contributed by atoms with Crippen molar-refractivity contribution in [2.45, 2.75) is 44.2 Å². The topological polar surface area (TPSA) is 35.2 Å². The van der Waals surface area contributed by atoms with Crippen LogP contribution in [-0.4, -0.2) is 0 Å². The molecule has 0 radical (unpaired) electrons. The van der Waals surface area contributed by atoms with E-state index in [-0.39, 0.29) is 17.4 Å². The van der Waals surface area contributed by atoms with Crippen LogP contribution in [0.4, 0.5) is 4.39 Å². The maximum atomic E-state index is 14.5. The maximum absolute atomic E-state index is 14.5. The normalized spacial score (nSPS) is 17.0. The van der Waals surface area contributed by atoms with Crippen molar-refractivity contribution in [2.75, 3.05) is 0 Å². The van der Waals surface area contributed by atoms with Gasteiger partial charge in [-0.1, -0.05) is 61.2 Å². The number of nitrogens with two attached hydrogens (primary N) is 1. The van der Waals surface area contributed by atoms with Gasteiger partial charge < -0.3 is 10.5 Å². The van der Waals surface area contributed by atoms with Gasteiger partial charge in [0, 0.05) is 5.54 Å². The third-order valence-corrected chi connectivity index (χ3v) is 4.83. The lowest BCUT2D eigenvalue weighted by Gasteiger charge is -2.34. The first kappa shape index (κ1) is 16.3. The summed E-state index contributed by atoms with van der Waals surface area (Å²) in [5.41, 5.74) is 7.73. The van der Waals surface area contributed by atoms with E-state index in [1.54, 1.807) is 6.07 Å². The highest BCUT2D eigenvalue weighted by Gasteiger charge is 2.31. The molecule has 0 aliphatic heterocycles. The first-order valence-corrected chi connectivity index (χ1v) is 8.41. The second kappa shape index (κ2) is 6.90. The molecule has 122 valence electrons. The van der Waals surface area contributed by atoms with Crippen LogP contribution >= 0.6 is 11.6 Å². The summed E-state index contributed by atoms with van der Waals surface area (Å²) in [7, 11) is 0. The third-order valence-electron chi connectivity index (χ3n) is 4.54. The first-order valence-electron chi connectivity index (χ1n) is 8.04. The molecule has 1 aliphatic rings. The largest absolute Gasteiger partial charge is 0.484 e. The molecule has 2 aromatic rings. The fourth-order valence-electron chi connectivity index (χ4n) is 3.19. The fourth-order valence-corrected chi connectivity index (χ4v) is 3.45. The predicted molar refractivity (Wildman–Crippen MR) is 91.1 cm³/mol. The molecule has 2 N–H and O–H groups in total.